The van der Waals surface area contributed by atoms with Crippen LogP contribution in [0.1, 0.15) is 26.3 Å². The van der Waals surface area contributed by atoms with Crippen molar-refractivity contribution in [1.82, 2.24) is 5.32 Å². The Morgan fingerprint density at radius 2 is 1.80 bits per heavy atom. The number of carboxylic acid groups (broad SMARTS) is 1. The fourth-order valence-corrected chi connectivity index (χ4v) is 2.10. The lowest BCUT2D eigenvalue weighted by Crippen LogP contribution is -2.47. The van der Waals surface area contributed by atoms with Crippen molar-refractivity contribution < 1.29 is 29.0 Å². The van der Waals surface area contributed by atoms with Gasteiger partial charge < -0.3 is 19.9 Å². The van der Waals surface area contributed by atoms with Crippen LogP contribution in [0.25, 0.3) is 0 Å². The fraction of sp³-hybridized carbons (Fsp3) is 0.471. The smallest absolute Gasteiger partial charge is 0.408 e. The second-order valence-electron chi connectivity index (χ2n) is 6.33. The molecule has 0 aliphatic rings. The first-order chi connectivity index (χ1) is 11.6. The molecule has 0 radical (unpaired) electrons. The van der Waals surface area contributed by atoms with Crippen molar-refractivity contribution in [3.63, 3.8) is 0 Å². The van der Waals surface area contributed by atoms with Crippen LogP contribution in [-0.4, -0.2) is 46.6 Å². The molecule has 7 nitrogen and oxygen atoms in total. The largest absolute Gasteiger partial charge is 0.478 e. The molecule has 1 aromatic rings. The lowest BCUT2D eigenvalue weighted by atomic mass is 10.1. The first kappa shape index (κ1) is 20.8. The number of carbonyl (C=O) groups is 3. The van der Waals surface area contributed by atoms with Crippen LogP contribution >= 0.6 is 12.6 Å². The van der Waals surface area contributed by atoms with Crippen molar-refractivity contribution in [3.8, 4) is 0 Å². The molecule has 2 atom stereocenters. The van der Waals surface area contributed by atoms with Crippen molar-refractivity contribution in [2.24, 2.45) is 0 Å². The molecule has 1 rings (SSSR count). The number of carbonyl (C=O) groups excluding carboxylic acids is 2. The average Bonchev–Trinajstić information content (AvgIpc) is 2.51. The Kier molecular flexibility index (Phi) is 7.76. The number of ether oxygens (including phenoxy) is 2. The Bertz CT molecular complexity index is 599. The van der Waals surface area contributed by atoms with Crippen molar-refractivity contribution >= 4 is 30.7 Å². The molecule has 0 bridgehead atoms. The summed E-state index contributed by atoms with van der Waals surface area (Å²) in [6, 6.07) is 7.67. The second kappa shape index (κ2) is 9.31. The highest BCUT2D eigenvalue weighted by atomic mass is 32.1. The van der Waals surface area contributed by atoms with Crippen molar-refractivity contribution in [1.29, 1.82) is 0 Å². The third-order valence-electron chi connectivity index (χ3n) is 2.96. The highest BCUT2D eigenvalue weighted by Crippen LogP contribution is 2.10. The van der Waals surface area contributed by atoms with Gasteiger partial charge in [0.25, 0.3) is 0 Å². The third-order valence-corrected chi connectivity index (χ3v) is 3.32. The molecule has 0 saturated carbocycles. The number of thiol groups is 1. The molecular weight excluding hydrogens is 346 g/mol. The van der Waals surface area contributed by atoms with Crippen LogP contribution < -0.4 is 5.32 Å². The lowest BCUT2D eigenvalue weighted by molar-refractivity contribution is -0.164. The highest BCUT2D eigenvalue weighted by molar-refractivity contribution is 7.80. The molecule has 0 saturated heterocycles. The van der Waals surface area contributed by atoms with Gasteiger partial charge in [-0.3, -0.25) is 0 Å². The zero-order valence-corrected chi connectivity index (χ0v) is 15.3. The van der Waals surface area contributed by atoms with E-state index in [0.29, 0.717) is 5.56 Å². The van der Waals surface area contributed by atoms with E-state index in [2.05, 4.69) is 17.9 Å². The molecule has 138 valence electrons. The molecule has 0 spiro atoms. The van der Waals surface area contributed by atoms with E-state index in [0.717, 1.165) is 0 Å². The summed E-state index contributed by atoms with van der Waals surface area (Å²) in [6.07, 6.45) is -2.15. The van der Waals surface area contributed by atoms with Gasteiger partial charge in [-0.25, -0.2) is 14.4 Å². The molecular formula is C17H23NO6S. The predicted octanol–water partition coefficient (Wildman–Crippen LogP) is 2.05. The van der Waals surface area contributed by atoms with Crippen molar-refractivity contribution in [3.05, 3.63) is 35.9 Å². The van der Waals surface area contributed by atoms with Gasteiger partial charge in [0.15, 0.2) is 0 Å². The molecule has 0 aliphatic carbocycles. The molecule has 1 aromatic carbocycles. The summed E-state index contributed by atoms with van der Waals surface area (Å²) in [6.45, 7) is 5.04. The van der Waals surface area contributed by atoms with E-state index >= 15 is 0 Å². The van der Waals surface area contributed by atoms with E-state index in [9.17, 15) is 19.5 Å². The maximum atomic E-state index is 12.2. The molecule has 0 fully saturated rings. The molecule has 0 aromatic heterocycles. The molecule has 0 aliphatic heterocycles. The number of alkyl carbamates (subject to hydrolysis) is 1. The summed E-state index contributed by atoms with van der Waals surface area (Å²) < 4.78 is 10.1. The number of carboxylic acids is 1. The predicted molar refractivity (Wildman–Crippen MR) is 94.7 cm³/mol. The maximum absolute atomic E-state index is 12.2. The van der Waals surface area contributed by atoms with Gasteiger partial charge in [0.05, 0.1) is 0 Å². The Morgan fingerprint density at radius 1 is 1.20 bits per heavy atom. The normalized spacial score (nSPS) is 13.4. The molecule has 0 heterocycles. The van der Waals surface area contributed by atoms with E-state index < -0.39 is 35.8 Å². The Balaban J connectivity index is 2.70. The quantitative estimate of drug-likeness (QED) is 0.502. The van der Waals surface area contributed by atoms with Crippen LogP contribution in [0.3, 0.4) is 0 Å². The van der Waals surface area contributed by atoms with Crippen molar-refractivity contribution in [2.75, 3.05) is 5.75 Å². The van der Waals surface area contributed by atoms with Crippen LogP contribution in [0.15, 0.2) is 30.3 Å². The maximum Gasteiger partial charge on any atom is 0.408 e. The van der Waals surface area contributed by atoms with Crippen molar-refractivity contribution in [2.45, 2.75) is 44.9 Å². The molecule has 25 heavy (non-hydrogen) atoms. The second-order valence-corrected chi connectivity index (χ2v) is 6.70. The van der Waals surface area contributed by atoms with Gasteiger partial charge in [-0.05, 0) is 26.3 Å². The number of amides is 1. The van der Waals surface area contributed by atoms with E-state index in [1.807, 2.05) is 0 Å². The number of rotatable bonds is 7. The number of esters is 1. The monoisotopic (exact) mass is 369 g/mol. The van der Waals surface area contributed by atoms with Gasteiger partial charge in [0.2, 0.25) is 6.10 Å². The van der Waals surface area contributed by atoms with Crippen LogP contribution in [0, 0.1) is 0 Å². The summed E-state index contributed by atoms with van der Waals surface area (Å²) in [4.78, 5) is 35.3. The van der Waals surface area contributed by atoms with Gasteiger partial charge in [0.1, 0.15) is 11.6 Å². The standard InChI is InChI=1S/C17H23NO6S/c1-17(2,3)24-16(22)18-12(10-25)15(21)23-13(14(19)20)9-11-7-5-4-6-8-11/h4-8,12-13,25H,9-10H2,1-3H3,(H,18,22)(H,19,20)/t12-,13+/m1/s1. The van der Waals surface area contributed by atoms with E-state index in [1.165, 1.54) is 0 Å². The summed E-state index contributed by atoms with van der Waals surface area (Å²) >= 11 is 4.00. The summed E-state index contributed by atoms with van der Waals surface area (Å²) in [5.74, 6) is -2.22. The first-order valence-electron chi connectivity index (χ1n) is 7.70. The van der Waals surface area contributed by atoms with E-state index in [1.54, 1.807) is 51.1 Å². The Morgan fingerprint density at radius 3 is 2.28 bits per heavy atom. The summed E-state index contributed by atoms with van der Waals surface area (Å²) in [7, 11) is 0. The van der Waals surface area contributed by atoms with Gasteiger partial charge in [-0.2, -0.15) is 12.6 Å². The summed E-state index contributed by atoms with van der Waals surface area (Å²) in [5.41, 5.74) is -0.0169. The summed E-state index contributed by atoms with van der Waals surface area (Å²) in [5, 5.41) is 11.6. The molecule has 1 amide bonds. The SMILES string of the molecule is CC(C)(C)OC(=O)N[C@H](CS)C(=O)O[C@@H](Cc1ccccc1)C(=O)O. The number of hydrogen-bond acceptors (Lipinski definition) is 6. The van der Waals surface area contributed by atoms with Crippen LogP contribution in [0.2, 0.25) is 0 Å². The lowest BCUT2D eigenvalue weighted by Gasteiger charge is -2.23. The van der Waals surface area contributed by atoms with Gasteiger partial charge >= 0.3 is 18.0 Å². The number of benzene rings is 1. The number of hydrogen-bond donors (Lipinski definition) is 3. The zero-order chi connectivity index (χ0) is 19.0. The fourth-order valence-electron chi connectivity index (χ4n) is 1.86. The minimum atomic E-state index is -1.36. The minimum Gasteiger partial charge on any atom is -0.478 e. The van der Waals surface area contributed by atoms with Crippen LogP contribution in [0.5, 0.6) is 0 Å². The Hall–Kier alpha value is -2.22. The van der Waals surface area contributed by atoms with Gasteiger partial charge in [-0.15, -0.1) is 0 Å². The van der Waals surface area contributed by atoms with E-state index in [4.69, 9.17) is 9.47 Å². The third kappa shape index (κ3) is 7.93. The number of nitrogens with one attached hydrogen (secondary N) is 1. The topological polar surface area (TPSA) is 102 Å². The van der Waals surface area contributed by atoms with Gasteiger partial charge in [-0.1, -0.05) is 30.3 Å². The number of aliphatic carboxylic acids is 1. The van der Waals surface area contributed by atoms with Gasteiger partial charge in [0, 0.05) is 12.2 Å². The Labute approximate surface area is 152 Å². The van der Waals surface area contributed by atoms with E-state index in [-0.39, 0.29) is 12.2 Å². The highest BCUT2D eigenvalue weighted by Gasteiger charge is 2.29. The molecule has 2 N–H and O–H groups in total. The zero-order valence-electron chi connectivity index (χ0n) is 14.4. The van der Waals surface area contributed by atoms with Crippen LogP contribution in [0.4, 0.5) is 4.79 Å². The average molecular weight is 369 g/mol. The first-order valence-corrected chi connectivity index (χ1v) is 8.33. The van der Waals surface area contributed by atoms with Crippen LogP contribution in [-0.2, 0) is 25.5 Å². The molecule has 8 heteroatoms. The minimum absolute atomic E-state index is 0.0215. The molecule has 0 unspecified atom stereocenters.